The third-order valence-corrected chi connectivity index (χ3v) is 3.40. The van der Waals surface area contributed by atoms with Crippen LogP contribution in [0.4, 0.5) is 0 Å². The summed E-state index contributed by atoms with van der Waals surface area (Å²) in [5.74, 6) is 0. The first-order valence-corrected chi connectivity index (χ1v) is 5.60. The third-order valence-electron chi connectivity index (χ3n) is 1.72. The molecule has 0 saturated carbocycles. The molecule has 0 atom stereocenters. The quantitative estimate of drug-likeness (QED) is 0.441. The number of nitrogens with zero attached hydrogens (tertiary/aromatic N) is 2. The predicted octanol–water partition coefficient (Wildman–Crippen LogP) is 1.49. The maximum absolute atomic E-state index is 11.9. The molecule has 0 aliphatic rings. The molecule has 0 saturated heterocycles. The van der Waals surface area contributed by atoms with Crippen LogP contribution in [0.3, 0.4) is 0 Å². The molecule has 0 aliphatic heterocycles. The first-order valence-electron chi connectivity index (χ1n) is 3.98. The number of rotatable bonds is 3. The van der Waals surface area contributed by atoms with Crippen molar-refractivity contribution in [3.63, 3.8) is 0 Å². The average Bonchev–Trinajstić information content (AvgIpc) is 2.19. The zero-order valence-electron chi connectivity index (χ0n) is 7.88. The number of aryl methyl sites for hydroxylation is 1. The zero-order valence-corrected chi connectivity index (χ0v) is 8.77. The molecule has 76 valence electrons. The van der Waals surface area contributed by atoms with E-state index in [-0.39, 0.29) is 5.30 Å². The number of carbonyl (C=O) groups excluding carboxylic acids is 2. The second-order valence-electron chi connectivity index (χ2n) is 2.76. The minimum Gasteiger partial charge on any atom is -0.265 e. The van der Waals surface area contributed by atoms with Crippen LogP contribution in [0.15, 0.2) is 33.8 Å². The van der Waals surface area contributed by atoms with Gasteiger partial charge in [-0.05, 0) is 19.1 Å². The van der Waals surface area contributed by atoms with Crippen LogP contribution in [0.25, 0.3) is 0 Å². The van der Waals surface area contributed by atoms with Crippen LogP contribution in [0.1, 0.15) is 5.56 Å². The van der Waals surface area contributed by atoms with Crippen molar-refractivity contribution in [2.75, 3.05) is 0 Å². The SMILES string of the molecule is Cc1ccc(P(=O)(N=C=O)N=C=O)cc1. The van der Waals surface area contributed by atoms with Gasteiger partial charge in [-0.25, -0.2) is 9.59 Å². The van der Waals surface area contributed by atoms with E-state index in [9.17, 15) is 14.2 Å². The van der Waals surface area contributed by atoms with E-state index in [1.54, 1.807) is 12.1 Å². The molecule has 1 aromatic rings. The van der Waals surface area contributed by atoms with E-state index in [1.807, 2.05) is 6.92 Å². The van der Waals surface area contributed by atoms with Gasteiger partial charge in [0.2, 0.25) is 12.2 Å². The van der Waals surface area contributed by atoms with Gasteiger partial charge in [0.15, 0.2) is 0 Å². The van der Waals surface area contributed by atoms with Gasteiger partial charge in [-0.3, -0.25) is 4.57 Å². The highest BCUT2D eigenvalue weighted by molar-refractivity contribution is 7.69. The summed E-state index contributed by atoms with van der Waals surface area (Å²) in [7, 11) is -3.69. The molecule has 0 bridgehead atoms. The van der Waals surface area contributed by atoms with E-state index in [1.165, 1.54) is 12.1 Å². The normalized spacial score (nSPS) is 13.1. The van der Waals surface area contributed by atoms with Crippen LogP contribution in [0.2, 0.25) is 0 Å². The Kier molecular flexibility index (Phi) is 3.48. The smallest absolute Gasteiger partial charge is 0.265 e. The summed E-state index contributed by atoms with van der Waals surface area (Å²) in [6.07, 6.45) is 2.29. The Morgan fingerprint density at radius 1 is 1.07 bits per heavy atom. The predicted molar refractivity (Wildman–Crippen MR) is 54.7 cm³/mol. The Balaban J connectivity index is 3.33. The first-order chi connectivity index (χ1) is 7.12. The van der Waals surface area contributed by atoms with Gasteiger partial charge >= 0.3 is 7.44 Å². The van der Waals surface area contributed by atoms with Gasteiger partial charge in [-0.15, -0.1) is 9.53 Å². The summed E-state index contributed by atoms with van der Waals surface area (Å²) in [5.41, 5.74) is 0.954. The summed E-state index contributed by atoms with van der Waals surface area (Å²) in [4.78, 5) is 20.2. The Morgan fingerprint density at radius 3 is 1.93 bits per heavy atom. The fourth-order valence-corrected chi connectivity index (χ4v) is 2.02. The standard InChI is InChI=1S/C9H7N2O3P/c1-8-2-4-9(5-3-8)15(14,10-6-12)11-7-13/h2-5H,1H3. The molecular weight excluding hydrogens is 215 g/mol. The molecule has 15 heavy (non-hydrogen) atoms. The molecule has 0 aliphatic carbocycles. The molecular formula is C9H7N2O3P. The van der Waals surface area contributed by atoms with E-state index in [0.717, 1.165) is 17.7 Å². The highest BCUT2D eigenvalue weighted by Gasteiger charge is 2.22. The van der Waals surface area contributed by atoms with E-state index >= 15 is 0 Å². The summed E-state index contributed by atoms with van der Waals surface area (Å²) < 4.78 is 18.0. The molecule has 0 spiro atoms. The van der Waals surface area contributed by atoms with Crippen molar-refractivity contribution in [1.82, 2.24) is 0 Å². The molecule has 0 heterocycles. The average molecular weight is 222 g/mol. The first kappa shape index (κ1) is 11.3. The molecule has 0 N–H and O–H groups in total. The highest BCUT2D eigenvalue weighted by Crippen LogP contribution is 2.46. The lowest BCUT2D eigenvalue weighted by Gasteiger charge is -2.03. The van der Waals surface area contributed by atoms with Crippen molar-refractivity contribution < 1.29 is 14.2 Å². The zero-order chi connectivity index (χ0) is 11.3. The molecule has 0 aromatic heterocycles. The van der Waals surface area contributed by atoms with E-state index < -0.39 is 7.44 Å². The minimum absolute atomic E-state index is 0.208. The molecule has 0 amide bonds. The van der Waals surface area contributed by atoms with Crippen LogP contribution in [-0.4, -0.2) is 12.2 Å². The van der Waals surface area contributed by atoms with Crippen molar-refractivity contribution in [2.24, 2.45) is 9.53 Å². The molecule has 1 rings (SSSR count). The Hall–Kier alpha value is -1.79. The van der Waals surface area contributed by atoms with Crippen molar-refractivity contribution in [3.8, 4) is 0 Å². The van der Waals surface area contributed by atoms with Gasteiger partial charge in [0.25, 0.3) is 0 Å². The molecule has 0 radical (unpaired) electrons. The number of benzene rings is 1. The van der Waals surface area contributed by atoms with Crippen LogP contribution in [0.5, 0.6) is 0 Å². The van der Waals surface area contributed by atoms with Crippen molar-refractivity contribution >= 4 is 24.9 Å². The summed E-state index contributed by atoms with van der Waals surface area (Å²) in [5, 5.41) is 0.208. The molecule has 0 fully saturated rings. The monoisotopic (exact) mass is 222 g/mol. The number of isocyanates is 2. The fraction of sp³-hybridized carbons (Fsp3) is 0.111. The Morgan fingerprint density at radius 2 is 1.53 bits per heavy atom. The molecule has 5 nitrogen and oxygen atoms in total. The maximum atomic E-state index is 11.9. The lowest BCUT2D eigenvalue weighted by atomic mass is 10.2. The topological polar surface area (TPSA) is 75.9 Å². The number of hydrogen-bond donors (Lipinski definition) is 0. The van der Waals surface area contributed by atoms with Crippen molar-refractivity contribution in [3.05, 3.63) is 29.8 Å². The second kappa shape index (κ2) is 4.63. The number of hydrogen-bond acceptors (Lipinski definition) is 3. The largest absolute Gasteiger partial charge is 0.349 e. The lowest BCUT2D eigenvalue weighted by Crippen LogP contribution is -2.00. The molecule has 6 heteroatoms. The van der Waals surface area contributed by atoms with E-state index in [2.05, 4.69) is 9.53 Å². The van der Waals surface area contributed by atoms with Gasteiger partial charge in [0, 0.05) is 0 Å². The molecule has 0 unspecified atom stereocenters. The molecule has 1 aromatic carbocycles. The third kappa shape index (κ3) is 2.58. The second-order valence-corrected chi connectivity index (χ2v) is 4.77. The van der Waals surface area contributed by atoms with Gasteiger partial charge in [-0.1, -0.05) is 17.7 Å². The van der Waals surface area contributed by atoms with Gasteiger partial charge in [0.05, 0.1) is 5.30 Å². The van der Waals surface area contributed by atoms with Gasteiger partial charge in [-0.2, -0.15) is 0 Å². The van der Waals surface area contributed by atoms with Gasteiger partial charge < -0.3 is 0 Å². The summed E-state index contributed by atoms with van der Waals surface area (Å²) in [6.45, 7) is 1.85. The summed E-state index contributed by atoms with van der Waals surface area (Å²) in [6, 6.07) is 6.36. The van der Waals surface area contributed by atoms with Crippen molar-refractivity contribution in [2.45, 2.75) is 6.92 Å². The minimum atomic E-state index is -3.69. The summed E-state index contributed by atoms with van der Waals surface area (Å²) >= 11 is 0. The van der Waals surface area contributed by atoms with Crippen LogP contribution >= 0.6 is 7.44 Å². The van der Waals surface area contributed by atoms with E-state index in [0.29, 0.717) is 0 Å². The van der Waals surface area contributed by atoms with E-state index in [4.69, 9.17) is 0 Å². The highest BCUT2D eigenvalue weighted by atomic mass is 31.2. The van der Waals surface area contributed by atoms with Crippen LogP contribution in [0, 0.1) is 6.92 Å². The Bertz CT molecular complexity index is 475. The Labute approximate surface area is 86.0 Å². The fourth-order valence-electron chi connectivity index (χ4n) is 0.987. The van der Waals surface area contributed by atoms with Crippen LogP contribution in [-0.2, 0) is 14.2 Å². The van der Waals surface area contributed by atoms with Gasteiger partial charge in [0.1, 0.15) is 0 Å². The van der Waals surface area contributed by atoms with Crippen LogP contribution < -0.4 is 5.30 Å². The van der Waals surface area contributed by atoms with Crippen molar-refractivity contribution in [1.29, 1.82) is 0 Å². The maximum Gasteiger partial charge on any atom is 0.349 e. The lowest BCUT2D eigenvalue weighted by molar-refractivity contribution is 0.560.